The monoisotopic (exact) mass is 360 g/mol. The quantitative estimate of drug-likeness (QED) is 0.882. The van der Waals surface area contributed by atoms with Gasteiger partial charge < -0.3 is 19.6 Å². The number of para-hydroxylation sites is 2. The first-order valence-electron chi connectivity index (χ1n) is 8.87. The Balaban J connectivity index is 1.69. The van der Waals surface area contributed by atoms with Crippen molar-refractivity contribution in [2.24, 2.45) is 17.8 Å². The van der Waals surface area contributed by atoms with E-state index in [9.17, 15) is 19.5 Å². The molecule has 0 aliphatic carbocycles. The van der Waals surface area contributed by atoms with Crippen LogP contribution in [0.15, 0.2) is 24.3 Å². The van der Waals surface area contributed by atoms with Crippen LogP contribution in [0.3, 0.4) is 0 Å². The van der Waals surface area contributed by atoms with Crippen LogP contribution in [0.25, 0.3) is 0 Å². The molecule has 2 fully saturated rings. The number of anilines is 1. The van der Waals surface area contributed by atoms with Crippen LogP contribution in [0.1, 0.15) is 19.8 Å². The van der Waals surface area contributed by atoms with Gasteiger partial charge in [-0.15, -0.1) is 0 Å². The molecule has 3 atom stereocenters. The Morgan fingerprint density at radius 3 is 2.62 bits per heavy atom. The molecule has 7 heteroatoms. The highest BCUT2D eigenvalue weighted by molar-refractivity contribution is 6.01. The average Bonchev–Trinajstić information content (AvgIpc) is 3.02. The maximum absolute atomic E-state index is 12.9. The lowest BCUT2D eigenvalue weighted by Gasteiger charge is -2.36. The summed E-state index contributed by atoms with van der Waals surface area (Å²) in [5.74, 6) is -1.26. The van der Waals surface area contributed by atoms with Crippen LogP contribution in [0.5, 0.6) is 5.75 Å². The van der Waals surface area contributed by atoms with Gasteiger partial charge in [0.15, 0.2) is 0 Å². The highest BCUT2D eigenvalue weighted by Crippen LogP contribution is 2.34. The number of ether oxygens (including phenoxy) is 1. The Hall–Kier alpha value is -2.57. The molecule has 0 aromatic heterocycles. The van der Waals surface area contributed by atoms with Crippen LogP contribution < -0.4 is 9.64 Å². The van der Waals surface area contributed by atoms with Gasteiger partial charge in [-0.25, -0.2) is 0 Å². The summed E-state index contributed by atoms with van der Waals surface area (Å²) in [5.41, 5.74) is 0.674. The molecule has 26 heavy (non-hydrogen) atoms. The molecule has 0 spiro atoms. The van der Waals surface area contributed by atoms with Gasteiger partial charge >= 0.3 is 5.97 Å². The first-order valence-corrected chi connectivity index (χ1v) is 8.87. The van der Waals surface area contributed by atoms with Crippen molar-refractivity contribution in [1.29, 1.82) is 0 Å². The third-order valence-corrected chi connectivity index (χ3v) is 5.38. The molecule has 0 bridgehead atoms. The molecule has 140 valence electrons. The summed E-state index contributed by atoms with van der Waals surface area (Å²) < 4.78 is 5.32. The Morgan fingerprint density at radius 2 is 1.96 bits per heavy atom. The Morgan fingerprint density at radius 1 is 1.23 bits per heavy atom. The third-order valence-electron chi connectivity index (χ3n) is 5.38. The lowest BCUT2D eigenvalue weighted by Crippen LogP contribution is -2.47. The zero-order chi connectivity index (χ0) is 18.8. The van der Waals surface area contributed by atoms with E-state index >= 15 is 0 Å². The number of carboxylic acids is 1. The van der Waals surface area contributed by atoms with Crippen LogP contribution in [-0.4, -0.2) is 54.5 Å². The van der Waals surface area contributed by atoms with Crippen molar-refractivity contribution in [1.82, 2.24) is 4.90 Å². The molecule has 2 aliphatic rings. The van der Waals surface area contributed by atoms with Gasteiger partial charge in [0.25, 0.3) is 0 Å². The number of amides is 2. The molecule has 3 unspecified atom stereocenters. The second-order valence-electron chi connectivity index (χ2n) is 7.07. The summed E-state index contributed by atoms with van der Waals surface area (Å²) in [7, 11) is 1.55. The maximum atomic E-state index is 12.9. The highest BCUT2D eigenvalue weighted by Gasteiger charge is 2.40. The molecule has 1 aromatic rings. The molecule has 2 saturated heterocycles. The number of methoxy groups -OCH3 is 1. The number of carbonyl (C=O) groups excluding carboxylic acids is 2. The molecule has 1 N–H and O–H groups in total. The number of piperidine rings is 1. The van der Waals surface area contributed by atoms with Crippen molar-refractivity contribution in [2.45, 2.75) is 19.8 Å². The fourth-order valence-electron chi connectivity index (χ4n) is 3.93. The number of carboxylic acid groups (broad SMARTS) is 1. The number of benzene rings is 1. The topological polar surface area (TPSA) is 87.2 Å². The number of nitrogens with zero attached hydrogens (tertiary/aromatic N) is 2. The van der Waals surface area contributed by atoms with Crippen molar-refractivity contribution >= 4 is 23.5 Å². The number of aliphatic carboxylic acids is 1. The maximum Gasteiger partial charge on any atom is 0.306 e. The molecule has 0 radical (unpaired) electrons. The fraction of sp³-hybridized carbons (Fsp3) is 0.526. The third kappa shape index (κ3) is 3.38. The molecule has 2 aliphatic heterocycles. The zero-order valence-electron chi connectivity index (χ0n) is 15.1. The van der Waals surface area contributed by atoms with E-state index in [4.69, 9.17) is 4.74 Å². The summed E-state index contributed by atoms with van der Waals surface area (Å²) in [6.45, 7) is 3.04. The Labute approximate surface area is 152 Å². The summed E-state index contributed by atoms with van der Waals surface area (Å²) >= 11 is 0. The minimum atomic E-state index is -0.803. The number of hydrogen-bond donors (Lipinski definition) is 1. The van der Waals surface area contributed by atoms with Crippen LogP contribution in [0.2, 0.25) is 0 Å². The highest BCUT2D eigenvalue weighted by atomic mass is 16.5. The first kappa shape index (κ1) is 18.2. The van der Waals surface area contributed by atoms with Crippen LogP contribution in [-0.2, 0) is 14.4 Å². The van der Waals surface area contributed by atoms with Crippen molar-refractivity contribution in [2.75, 3.05) is 31.6 Å². The fourth-order valence-corrected chi connectivity index (χ4v) is 3.93. The average molecular weight is 360 g/mol. The van der Waals surface area contributed by atoms with Crippen molar-refractivity contribution < 1.29 is 24.2 Å². The summed E-state index contributed by atoms with van der Waals surface area (Å²) in [6, 6.07) is 7.26. The SMILES string of the molecule is COc1ccccc1N1CC(C(=O)N2CCC(C(=O)O)C(C)C2)CC1=O. The van der Waals surface area contributed by atoms with E-state index < -0.39 is 17.8 Å². The largest absolute Gasteiger partial charge is 0.495 e. The van der Waals surface area contributed by atoms with Gasteiger partial charge in [0.05, 0.1) is 24.6 Å². The Bertz CT molecular complexity index is 720. The molecule has 2 amide bonds. The standard InChI is InChI=1S/C19H24N2O5/c1-12-10-20(8-7-14(12)19(24)25)18(23)13-9-17(22)21(11-13)15-5-3-4-6-16(15)26-2/h3-6,12-14H,7-11H2,1-2H3,(H,24,25). The van der Waals surface area contributed by atoms with E-state index in [2.05, 4.69) is 0 Å². The molecule has 2 heterocycles. The minimum absolute atomic E-state index is 0.0635. The molecule has 1 aromatic carbocycles. The van der Waals surface area contributed by atoms with E-state index in [1.165, 1.54) is 0 Å². The lowest BCUT2D eigenvalue weighted by molar-refractivity contribution is -0.149. The van der Waals surface area contributed by atoms with Gasteiger partial charge in [0.1, 0.15) is 5.75 Å². The summed E-state index contributed by atoms with van der Waals surface area (Å²) in [6.07, 6.45) is 0.628. The van der Waals surface area contributed by atoms with E-state index in [0.717, 1.165) is 0 Å². The summed E-state index contributed by atoms with van der Waals surface area (Å²) in [4.78, 5) is 39.9. The predicted octanol–water partition coefficient (Wildman–Crippen LogP) is 1.62. The molecular formula is C19H24N2O5. The smallest absolute Gasteiger partial charge is 0.306 e. The van der Waals surface area contributed by atoms with Crippen LogP contribution >= 0.6 is 0 Å². The normalized spacial score (nSPS) is 26.1. The molecular weight excluding hydrogens is 336 g/mol. The zero-order valence-corrected chi connectivity index (χ0v) is 15.1. The summed E-state index contributed by atoms with van der Waals surface area (Å²) in [5, 5.41) is 9.22. The first-order chi connectivity index (χ1) is 12.4. The number of carbonyl (C=O) groups is 3. The number of hydrogen-bond acceptors (Lipinski definition) is 4. The predicted molar refractivity (Wildman–Crippen MR) is 94.9 cm³/mol. The van der Waals surface area contributed by atoms with Gasteiger partial charge in [0.2, 0.25) is 11.8 Å². The Kier molecular flexibility index (Phi) is 5.15. The van der Waals surface area contributed by atoms with Crippen LogP contribution in [0, 0.1) is 17.8 Å². The minimum Gasteiger partial charge on any atom is -0.495 e. The van der Waals surface area contributed by atoms with E-state index in [0.29, 0.717) is 37.5 Å². The van der Waals surface area contributed by atoms with Gasteiger partial charge in [-0.3, -0.25) is 14.4 Å². The van der Waals surface area contributed by atoms with Crippen molar-refractivity contribution in [3.05, 3.63) is 24.3 Å². The van der Waals surface area contributed by atoms with E-state index in [1.54, 1.807) is 23.0 Å². The van der Waals surface area contributed by atoms with Gasteiger partial charge in [-0.1, -0.05) is 19.1 Å². The second-order valence-corrected chi connectivity index (χ2v) is 7.07. The molecule has 0 saturated carbocycles. The number of likely N-dealkylation sites (tertiary alicyclic amines) is 1. The van der Waals surface area contributed by atoms with Gasteiger partial charge in [-0.2, -0.15) is 0 Å². The number of rotatable bonds is 4. The van der Waals surface area contributed by atoms with E-state index in [-0.39, 0.29) is 24.2 Å². The lowest BCUT2D eigenvalue weighted by atomic mass is 9.86. The van der Waals surface area contributed by atoms with Crippen molar-refractivity contribution in [3.63, 3.8) is 0 Å². The van der Waals surface area contributed by atoms with E-state index in [1.807, 2.05) is 25.1 Å². The molecule has 7 nitrogen and oxygen atoms in total. The van der Waals surface area contributed by atoms with Gasteiger partial charge in [0, 0.05) is 26.1 Å². The molecule has 3 rings (SSSR count). The van der Waals surface area contributed by atoms with Crippen molar-refractivity contribution in [3.8, 4) is 5.75 Å². The van der Waals surface area contributed by atoms with Gasteiger partial charge in [-0.05, 0) is 24.5 Å². The second kappa shape index (κ2) is 7.35. The van der Waals surface area contributed by atoms with Crippen LogP contribution in [0.4, 0.5) is 5.69 Å².